The molecule has 0 radical (unpaired) electrons. The molecule has 0 aromatic heterocycles. The zero-order valence-electron chi connectivity index (χ0n) is 5.44. The fourth-order valence-corrected chi connectivity index (χ4v) is 1.11. The average Bonchev–Trinajstić information content (AvgIpc) is 1.88. The van der Waals surface area contributed by atoms with Gasteiger partial charge in [-0.15, -0.1) is 0 Å². The van der Waals surface area contributed by atoms with E-state index in [9.17, 15) is 4.79 Å². The Morgan fingerprint density at radius 1 is 1.90 bits per heavy atom. The molecule has 58 valence electrons. The van der Waals surface area contributed by atoms with Crippen molar-refractivity contribution >= 4 is 30.1 Å². The van der Waals surface area contributed by atoms with Gasteiger partial charge in [-0.1, -0.05) is 6.58 Å². The number of carbonyl (C=O) groups is 1. The van der Waals surface area contributed by atoms with Gasteiger partial charge in [-0.3, -0.25) is 4.79 Å². The summed E-state index contributed by atoms with van der Waals surface area (Å²) < 4.78 is 4.74. The maximum Gasteiger partial charge on any atom is 0.318 e. The molecule has 1 N–H and O–H groups in total. The van der Waals surface area contributed by atoms with Crippen molar-refractivity contribution in [3.63, 3.8) is 0 Å². The Bertz CT molecular complexity index is 126. The smallest absolute Gasteiger partial charge is 0.318 e. The van der Waals surface area contributed by atoms with E-state index in [0.29, 0.717) is 0 Å². The molecule has 5 heteroatoms. The molecule has 0 heterocycles. The third kappa shape index (κ3) is 4.72. The molecule has 0 aromatic rings. The first-order valence-electron chi connectivity index (χ1n) is 2.51. The van der Waals surface area contributed by atoms with Crippen LogP contribution in [0.15, 0.2) is 12.0 Å². The third-order valence-corrected chi connectivity index (χ3v) is 1.89. The first-order chi connectivity index (χ1) is 4.68. The standard InChI is InChI=1S/C5H8O3S2/c1-3-9-8-10-4(2)5(6)7/h3-4H,1H2,2H3,(H,6,7). The summed E-state index contributed by atoms with van der Waals surface area (Å²) in [6, 6.07) is 0. The van der Waals surface area contributed by atoms with Crippen LogP contribution in [-0.2, 0) is 8.42 Å². The van der Waals surface area contributed by atoms with E-state index in [2.05, 4.69) is 6.58 Å². The molecule has 3 nitrogen and oxygen atoms in total. The zero-order chi connectivity index (χ0) is 7.98. The van der Waals surface area contributed by atoms with Crippen molar-refractivity contribution in [2.24, 2.45) is 0 Å². The van der Waals surface area contributed by atoms with Crippen molar-refractivity contribution in [3.8, 4) is 0 Å². The number of carboxylic acids is 1. The molecule has 0 aliphatic rings. The van der Waals surface area contributed by atoms with E-state index in [4.69, 9.17) is 8.74 Å². The van der Waals surface area contributed by atoms with Crippen LogP contribution in [0.1, 0.15) is 6.92 Å². The van der Waals surface area contributed by atoms with E-state index in [0.717, 1.165) is 24.1 Å². The second kappa shape index (κ2) is 5.64. The summed E-state index contributed by atoms with van der Waals surface area (Å²) in [5, 5.41) is 9.30. The van der Waals surface area contributed by atoms with Crippen LogP contribution in [0.2, 0.25) is 0 Å². The Hall–Kier alpha value is -0.130. The summed E-state index contributed by atoms with van der Waals surface area (Å²) in [4.78, 5) is 10.2. The summed E-state index contributed by atoms with van der Waals surface area (Å²) in [5.74, 6) is -0.880. The molecule has 0 fully saturated rings. The van der Waals surface area contributed by atoms with Gasteiger partial charge < -0.3 is 5.11 Å². The lowest BCUT2D eigenvalue weighted by molar-refractivity contribution is -0.136. The van der Waals surface area contributed by atoms with Gasteiger partial charge in [0.25, 0.3) is 0 Å². The van der Waals surface area contributed by atoms with Crippen LogP contribution < -0.4 is 0 Å². The number of rotatable bonds is 5. The molecule has 0 saturated heterocycles. The van der Waals surface area contributed by atoms with E-state index in [-0.39, 0.29) is 0 Å². The predicted molar refractivity (Wildman–Crippen MR) is 43.6 cm³/mol. The lowest BCUT2D eigenvalue weighted by Crippen LogP contribution is -2.10. The minimum atomic E-state index is -0.880. The second-order valence-corrected chi connectivity index (χ2v) is 3.38. The van der Waals surface area contributed by atoms with Gasteiger partial charge in [-0.25, -0.2) is 3.63 Å². The molecule has 1 unspecified atom stereocenters. The quantitative estimate of drug-likeness (QED) is 0.517. The van der Waals surface area contributed by atoms with Gasteiger partial charge in [0, 0.05) is 24.1 Å². The molecule has 0 aliphatic carbocycles. The summed E-state index contributed by atoms with van der Waals surface area (Å²) in [7, 11) is 0. The van der Waals surface area contributed by atoms with Gasteiger partial charge in [0.1, 0.15) is 5.25 Å². The van der Waals surface area contributed by atoms with Crippen LogP contribution in [0.5, 0.6) is 0 Å². The molecular weight excluding hydrogens is 172 g/mol. The minimum absolute atomic E-state index is 0.535. The molecule has 0 rings (SSSR count). The fourth-order valence-electron chi connectivity index (χ4n) is 0.151. The zero-order valence-corrected chi connectivity index (χ0v) is 7.08. The number of carboxylic acid groups (broad SMARTS) is 1. The van der Waals surface area contributed by atoms with Crippen molar-refractivity contribution in [1.29, 1.82) is 0 Å². The number of hydrogen-bond donors (Lipinski definition) is 1. The Labute approximate surface area is 68.2 Å². The summed E-state index contributed by atoms with van der Waals surface area (Å²) in [5.41, 5.74) is 0. The highest BCUT2D eigenvalue weighted by Gasteiger charge is 2.11. The molecule has 10 heavy (non-hydrogen) atoms. The van der Waals surface area contributed by atoms with E-state index < -0.39 is 11.2 Å². The summed E-state index contributed by atoms with van der Waals surface area (Å²) in [6.45, 7) is 4.93. The van der Waals surface area contributed by atoms with Gasteiger partial charge in [0.2, 0.25) is 0 Å². The highest BCUT2D eigenvalue weighted by Crippen LogP contribution is 2.19. The van der Waals surface area contributed by atoms with Crippen molar-refractivity contribution < 1.29 is 13.5 Å². The average molecular weight is 180 g/mol. The SMILES string of the molecule is C=CSOSC(C)C(=O)O. The normalized spacial score (nSPS) is 12.5. The van der Waals surface area contributed by atoms with Crippen LogP contribution in [0.3, 0.4) is 0 Å². The molecule has 0 aromatic carbocycles. The highest BCUT2D eigenvalue weighted by atomic mass is 32.2. The van der Waals surface area contributed by atoms with Gasteiger partial charge in [0.15, 0.2) is 0 Å². The Morgan fingerprint density at radius 2 is 2.50 bits per heavy atom. The number of hydrogen-bond acceptors (Lipinski definition) is 4. The van der Waals surface area contributed by atoms with Crippen LogP contribution in [-0.4, -0.2) is 16.3 Å². The predicted octanol–water partition coefficient (Wildman–Crippen LogP) is 1.92. The Balaban J connectivity index is 3.30. The van der Waals surface area contributed by atoms with Gasteiger partial charge >= 0.3 is 5.97 Å². The Kier molecular flexibility index (Phi) is 5.57. The second-order valence-electron chi connectivity index (χ2n) is 1.41. The molecule has 0 spiro atoms. The topological polar surface area (TPSA) is 46.5 Å². The maximum absolute atomic E-state index is 10.2. The number of aliphatic carboxylic acids is 1. The lowest BCUT2D eigenvalue weighted by atomic mass is 10.5. The highest BCUT2D eigenvalue weighted by molar-refractivity contribution is 8.09. The Morgan fingerprint density at radius 3 is 2.90 bits per heavy atom. The fraction of sp³-hybridized carbons (Fsp3) is 0.400. The van der Waals surface area contributed by atoms with Gasteiger partial charge in [0.05, 0.1) is 0 Å². The first kappa shape index (κ1) is 9.87. The van der Waals surface area contributed by atoms with E-state index in [1.165, 1.54) is 5.41 Å². The van der Waals surface area contributed by atoms with E-state index in [1.54, 1.807) is 6.92 Å². The molecular formula is C5H8O3S2. The van der Waals surface area contributed by atoms with Crippen molar-refractivity contribution in [2.75, 3.05) is 0 Å². The van der Waals surface area contributed by atoms with Crippen LogP contribution in [0.4, 0.5) is 0 Å². The van der Waals surface area contributed by atoms with E-state index in [1.807, 2.05) is 0 Å². The minimum Gasteiger partial charge on any atom is -0.480 e. The first-order valence-corrected chi connectivity index (χ1v) is 4.12. The van der Waals surface area contributed by atoms with E-state index >= 15 is 0 Å². The summed E-state index contributed by atoms with van der Waals surface area (Å²) >= 11 is 1.92. The van der Waals surface area contributed by atoms with Crippen LogP contribution in [0.25, 0.3) is 0 Å². The van der Waals surface area contributed by atoms with Crippen molar-refractivity contribution in [2.45, 2.75) is 12.2 Å². The largest absolute Gasteiger partial charge is 0.480 e. The molecule has 0 amide bonds. The third-order valence-electron chi connectivity index (χ3n) is 0.639. The lowest BCUT2D eigenvalue weighted by Gasteiger charge is -2.01. The van der Waals surface area contributed by atoms with Crippen LogP contribution >= 0.6 is 24.1 Å². The van der Waals surface area contributed by atoms with Crippen molar-refractivity contribution in [1.82, 2.24) is 0 Å². The van der Waals surface area contributed by atoms with Crippen molar-refractivity contribution in [3.05, 3.63) is 12.0 Å². The molecule has 0 saturated carbocycles. The molecule has 1 atom stereocenters. The molecule has 0 aliphatic heterocycles. The maximum atomic E-state index is 10.2. The molecule has 0 bridgehead atoms. The van der Waals surface area contributed by atoms with Crippen LogP contribution in [0, 0.1) is 0 Å². The monoisotopic (exact) mass is 180 g/mol. The van der Waals surface area contributed by atoms with Gasteiger partial charge in [-0.05, 0) is 12.3 Å². The summed E-state index contributed by atoms with van der Waals surface area (Å²) in [6.07, 6.45) is 0. The van der Waals surface area contributed by atoms with Gasteiger partial charge in [-0.2, -0.15) is 0 Å².